The van der Waals surface area contributed by atoms with Crippen LogP contribution in [0.4, 0.5) is 13.2 Å². The number of rotatable bonds is 5. The number of benzene rings is 1. The van der Waals surface area contributed by atoms with Crippen LogP contribution < -0.4 is 4.74 Å². The number of fused-ring (bicyclic) bond motifs is 1. The molecule has 0 bridgehead atoms. The van der Waals surface area contributed by atoms with E-state index < -0.39 is 12.5 Å². The van der Waals surface area contributed by atoms with Crippen molar-refractivity contribution in [3.8, 4) is 5.75 Å². The number of hydrogen-bond donors (Lipinski definition) is 1. The van der Waals surface area contributed by atoms with Crippen molar-refractivity contribution < 1.29 is 22.6 Å². The Morgan fingerprint density at radius 3 is 2.60 bits per heavy atom. The molecule has 1 unspecified atom stereocenters. The molecule has 1 N–H and O–H groups in total. The third-order valence-electron chi connectivity index (χ3n) is 3.32. The number of aromatic nitrogens is 3. The second kappa shape index (κ2) is 7.01. The molecule has 0 aliphatic heterocycles. The number of nitrogens with one attached hydrogen (secondary N) is 1. The summed E-state index contributed by atoms with van der Waals surface area (Å²) in [4.78, 5) is 11.8. The van der Waals surface area contributed by atoms with Gasteiger partial charge in [0.2, 0.25) is 0 Å². The summed E-state index contributed by atoms with van der Waals surface area (Å²) in [6, 6.07) is 7.32. The molecule has 132 valence electrons. The Morgan fingerprint density at radius 1 is 1.24 bits per heavy atom. The van der Waals surface area contributed by atoms with Crippen molar-refractivity contribution in [1.82, 2.24) is 15.0 Å². The SMILES string of the molecule is CCOC(c1ccc(OC(F)(F)F)cc1)c1nc2cc(Br)cnc2[nH]1. The molecule has 1 atom stereocenters. The zero-order chi connectivity index (χ0) is 18.0. The number of halogens is 4. The lowest BCUT2D eigenvalue weighted by atomic mass is 10.1. The highest BCUT2D eigenvalue weighted by Gasteiger charge is 2.31. The maximum atomic E-state index is 12.3. The molecule has 0 radical (unpaired) electrons. The molecule has 2 aromatic heterocycles. The summed E-state index contributed by atoms with van der Waals surface area (Å²) in [6.45, 7) is 2.23. The first kappa shape index (κ1) is 17.7. The maximum absolute atomic E-state index is 12.3. The van der Waals surface area contributed by atoms with Crippen LogP contribution in [0.2, 0.25) is 0 Å². The minimum Gasteiger partial charge on any atom is -0.406 e. The Labute approximate surface area is 149 Å². The van der Waals surface area contributed by atoms with Gasteiger partial charge in [-0.1, -0.05) is 12.1 Å². The minimum atomic E-state index is -4.72. The fourth-order valence-corrected chi connectivity index (χ4v) is 2.68. The first-order valence-corrected chi connectivity index (χ1v) is 8.13. The van der Waals surface area contributed by atoms with E-state index in [9.17, 15) is 13.2 Å². The molecule has 25 heavy (non-hydrogen) atoms. The van der Waals surface area contributed by atoms with Gasteiger partial charge in [-0.15, -0.1) is 13.2 Å². The molecule has 0 amide bonds. The van der Waals surface area contributed by atoms with E-state index in [0.717, 1.165) is 4.47 Å². The molecule has 0 fully saturated rings. The van der Waals surface area contributed by atoms with Crippen LogP contribution in [0, 0.1) is 0 Å². The molecule has 0 aliphatic carbocycles. The van der Waals surface area contributed by atoms with Gasteiger partial charge < -0.3 is 14.5 Å². The molecule has 0 aliphatic rings. The molecule has 0 saturated carbocycles. The predicted octanol–water partition coefficient (Wildman–Crippen LogP) is 4.74. The van der Waals surface area contributed by atoms with Gasteiger partial charge in [-0.2, -0.15) is 0 Å². The van der Waals surface area contributed by atoms with Crippen LogP contribution in [0.3, 0.4) is 0 Å². The molecule has 9 heteroatoms. The van der Waals surface area contributed by atoms with Gasteiger partial charge in [-0.05, 0) is 46.6 Å². The topological polar surface area (TPSA) is 60.0 Å². The average Bonchev–Trinajstić information content (AvgIpc) is 2.94. The Kier molecular flexibility index (Phi) is 4.96. The van der Waals surface area contributed by atoms with Crippen LogP contribution in [0.1, 0.15) is 24.4 Å². The molecular formula is C16H13BrF3N3O2. The van der Waals surface area contributed by atoms with Crippen molar-refractivity contribution in [2.45, 2.75) is 19.4 Å². The lowest BCUT2D eigenvalue weighted by Crippen LogP contribution is -2.17. The summed E-state index contributed by atoms with van der Waals surface area (Å²) in [6.07, 6.45) is -3.64. The lowest BCUT2D eigenvalue weighted by molar-refractivity contribution is -0.274. The fourth-order valence-electron chi connectivity index (χ4n) is 2.36. The van der Waals surface area contributed by atoms with E-state index in [4.69, 9.17) is 4.74 Å². The summed E-state index contributed by atoms with van der Waals surface area (Å²) in [7, 11) is 0. The van der Waals surface area contributed by atoms with Crippen LogP contribution in [-0.4, -0.2) is 27.9 Å². The smallest absolute Gasteiger partial charge is 0.406 e. The second-order valence-corrected chi connectivity index (χ2v) is 6.01. The lowest BCUT2D eigenvalue weighted by Gasteiger charge is -2.16. The Bertz CT molecular complexity index is 865. The van der Waals surface area contributed by atoms with Crippen molar-refractivity contribution in [3.05, 3.63) is 52.4 Å². The zero-order valence-corrected chi connectivity index (χ0v) is 14.6. The molecule has 5 nitrogen and oxygen atoms in total. The van der Waals surface area contributed by atoms with Gasteiger partial charge in [0, 0.05) is 17.3 Å². The van der Waals surface area contributed by atoms with Crippen molar-refractivity contribution in [2.75, 3.05) is 6.61 Å². The van der Waals surface area contributed by atoms with Gasteiger partial charge in [-0.25, -0.2) is 9.97 Å². The Balaban J connectivity index is 1.91. The zero-order valence-electron chi connectivity index (χ0n) is 13.0. The van der Waals surface area contributed by atoms with Crippen molar-refractivity contribution in [3.63, 3.8) is 0 Å². The van der Waals surface area contributed by atoms with Gasteiger partial charge in [0.1, 0.15) is 23.2 Å². The summed E-state index contributed by atoms with van der Waals surface area (Å²) in [5, 5.41) is 0. The van der Waals surface area contributed by atoms with Crippen LogP contribution in [0.15, 0.2) is 41.0 Å². The monoisotopic (exact) mass is 415 g/mol. The van der Waals surface area contributed by atoms with Gasteiger partial charge in [0.05, 0.1) is 0 Å². The maximum Gasteiger partial charge on any atom is 0.573 e. The third-order valence-corrected chi connectivity index (χ3v) is 3.75. The average molecular weight is 416 g/mol. The number of alkyl halides is 3. The number of pyridine rings is 1. The van der Waals surface area contributed by atoms with Crippen molar-refractivity contribution in [2.24, 2.45) is 0 Å². The number of aromatic amines is 1. The molecular weight excluding hydrogens is 403 g/mol. The number of ether oxygens (including phenoxy) is 2. The highest BCUT2D eigenvalue weighted by molar-refractivity contribution is 9.10. The number of hydrogen-bond acceptors (Lipinski definition) is 4. The van der Waals surface area contributed by atoms with Crippen molar-refractivity contribution >= 4 is 27.1 Å². The molecule has 0 saturated heterocycles. The first-order valence-electron chi connectivity index (χ1n) is 7.34. The number of imidazole rings is 1. The van der Waals surface area contributed by atoms with Crippen LogP contribution in [0.5, 0.6) is 5.75 Å². The molecule has 3 aromatic rings. The molecule has 0 spiro atoms. The summed E-state index contributed by atoms with van der Waals surface area (Å²) < 4.78 is 47.2. The van der Waals surface area contributed by atoms with Crippen LogP contribution in [0.25, 0.3) is 11.2 Å². The van der Waals surface area contributed by atoms with Gasteiger partial charge >= 0.3 is 6.36 Å². The Hall–Kier alpha value is -2.13. The van der Waals surface area contributed by atoms with E-state index in [1.54, 1.807) is 6.20 Å². The first-order chi connectivity index (χ1) is 11.9. The van der Waals surface area contributed by atoms with Crippen LogP contribution in [-0.2, 0) is 4.74 Å². The van der Waals surface area contributed by atoms with Crippen molar-refractivity contribution in [1.29, 1.82) is 0 Å². The predicted molar refractivity (Wildman–Crippen MR) is 88.2 cm³/mol. The minimum absolute atomic E-state index is 0.290. The third kappa shape index (κ3) is 4.29. The van der Waals surface area contributed by atoms with E-state index in [2.05, 4.69) is 35.6 Å². The van der Waals surface area contributed by atoms with Crippen LogP contribution >= 0.6 is 15.9 Å². The van der Waals surface area contributed by atoms with Gasteiger partial charge in [-0.3, -0.25) is 0 Å². The van der Waals surface area contributed by atoms with E-state index in [1.807, 2.05) is 13.0 Å². The quantitative estimate of drug-likeness (QED) is 0.653. The number of nitrogens with zero attached hydrogens (tertiary/aromatic N) is 2. The normalized spacial score (nSPS) is 13.2. The highest BCUT2D eigenvalue weighted by atomic mass is 79.9. The van der Waals surface area contributed by atoms with Gasteiger partial charge in [0.15, 0.2) is 5.65 Å². The fraction of sp³-hybridized carbons (Fsp3) is 0.250. The molecule has 3 rings (SSSR count). The van der Waals surface area contributed by atoms with E-state index in [1.165, 1.54) is 24.3 Å². The summed E-state index contributed by atoms with van der Waals surface area (Å²) >= 11 is 3.33. The summed E-state index contributed by atoms with van der Waals surface area (Å²) in [5.74, 6) is 0.230. The van der Waals surface area contributed by atoms with Gasteiger partial charge in [0.25, 0.3) is 0 Å². The molecule has 1 aromatic carbocycles. The standard InChI is InChI=1S/C16H13BrF3N3O2/c1-2-24-13(9-3-5-11(6-4-9)25-16(18,19)20)15-22-12-7-10(17)8-21-14(12)23-15/h3-8,13H,2H2,1H3,(H,21,22,23). The highest BCUT2D eigenvalue weighted by Crippen LogP contribution is 2.29. The van der Waals surface area contributed by atoms with E-state index in [-0.39, 0.29) is 5.75 Å². The largest absolute Gasteiger partial charge is 0.573 e. The summed E-state index contributed by atoms with van der Waals surface area (Å²) in [5.41, 5.74) is 1.90. The van der Waals surface area contributed by atoms with E-state index >= 15 is 0 Å². The second-order valence-electron chi connectivity index (χ2n) is 5.10. The number of H-pyrrole nitrogens is 1. The Morgan fingerprint density at radius 2 is 1.96 bits per heavy atom. The molecule has 2 heterocycles. The van der Waals surface area contributed by atoms with E-state index in [0.29, 0.717) is 29.2 Å².